The van der Waals surface area contributed by atoms with Crippen molar-refractivity contribution in [1.82, 2.24) is 0 Å². The Balaban J connectivity index is 4.41. The number of allylic oxidation sites excluding steroid dienone is 8. The molecule has 0 rings (SSSR count). The summed E-state index contributed by atoms with van der Waals surface area (Å²) in [5, 5.41) is 16.8. The monoisotopic (exact) mass is 248 g/mol. The van der Waals surface area contributed by atoms with E-state index < -0.39 is 11.9 Å². The van der Waals surface area contributed by atoms with Gasteiger partial charge in [-0.2, -0.15) is 0 Å². The van der Waals surface area contributed by atoms with E-state index in [2.05, 4.69) is 0 Å². The Morgan fingerprint density at radius 3 is 1.33 bits per heavy atom. The molecule has 2 N–H and O–H groups in total. The zero-order valence-corrected chi connectivity index (χ0v) is 10.3. The van der Waals surface area contributed by atoms with Gasteiger partial charge in [0.1, 0.15) is 0 Å². The van der Waals surface area contributed by atoms with E-state index in [4.69, 9.17) is 10.2 Å². The second-order valence-corrected chi connectivity index (χ2v) is 3.55. The van der Waals surface area contributed by atoms with Crippen molar-refractivity contribution in [1.29, 1.82) is 0 Å². The highest BCUT2D eigenvalue weighted by Crippen LogP contribution is 1.98. The van der Waals surface area contributed by atoms with Gasteiger partial charge in [0.15, 0.2) is 0 Å². The molecule has 4 nitrogen and oxygen atoms in total. The first-order chi connectivity index (χ1) is 8.41. The van der Waals surface area contributed by atoms with Gasteiger partial charge in [-0.3, -0.25) is 0 Å². The van der Waals surface area contributed by atoms with Crippen molar-refractivity contribution in [2.24, 2.45) is 0 Å². The largest absolute Gasteiger partial charge is 0.478 e. The van der Waals surface area contributed by atoms with Gasteiger partial charge in [-0.05, 0) is 13.8 Å². The van der Waals surface area contributed by atoms with Gasteiger partial charge in [-0.15, -0.1) is 0 Å². The molecule has 0 saturated heterocycles. The molecule has 0 radical (unpaired) electrons. The van der Waals surface area contributed by atoms with E-state index in [9.17, 15) is 9.59 Å². The summed E-state index contributed by atoms with van der Waals surface area (Å²) in [7, 11) is 0. The Morgan fingerprint density at radius 2 is 1.06 bits per heavy atom. The van der Waals surface area contributed by atoms with Crippen LogP contribution >= 0.6 is 0 Å². The third-order valence-electron chi connectivity index (χ3n) is 1.81. The molecule has 4 heteroatoms. The molecule has 0 aromatic carbocycles. The van der Waals surface area contributed by atoms with Crippen molar-refractivity contribution in [3.05, 3.63) is 59.8 Å². The predicted molar refractivity (Wildman–Crippen MR) is 70.2 cm³/mol. The second kappa shape index (κ2) is 8.75. The molecule has 0 spiro atoms. The molecule has 0 aromatic rings. The van der Waals surface area contributed by atoms with Gasteiger partial charge in [-0.25, -0.2) is 9.59 Å². The first-order valence-electron chi connectivity index (χ1n) is 5.25. The van der Waals surface area contributed by atoms with Crippen molar-refractivity contribution in [3.8, 4) is 0 Å². The van der Waals surface area contributed by atoms with Crippen molar-refractivity contribution in [2.45, 2.75) is 13.8 Å². The molecule has 0 heterocycles. The summed E-state index contributed by atoms with van der Waals surface area (Å²) in [4.78, 5) is 20.5. The molecule has 0 aliphatic heterocycles. The van der Waals surface area contributed by atoms with Gasteiger partial charge in [-0.1, -0.05) is 47.6 Å². The average molecular weight is 248 g/mol. The highest BCUT2D eigenvalue weighted by Gasteiger charge is 1.86. The van der Waals surface area contributed by atoms with Crippen molar-refractivity contribution in [2.75, 3.05) is 0 Å². The molecule has 0 atom stereocenters. The maximum atomic E-state index is 10.3. The predicted octanol–water partition coefficient (Wildman–Crippen LogP) is 2.72. The Bertz CT molecular complexity index is 406. The smallest absolute Gasteiger partial charge is 0.328 e. The van der Waals surface area contributed by atoms with Gasteiger partial charge in [0.05, 0.1) is 0 Å². The number of hydrogen-bond donors (Lipinski definition) is 2. The molecule has 0 unspecified atom stereocenters. The van der Waals surface area contributed by atoms with Crippen LogP contribution in [0.25, 0.3) is 0 Å². The lowest BCUT2D eigenvalue weighted by molar-refractivity contribution is -0.132. The minimum atomic E-state index is -0.985. The second-order valence-electron chi connectivity index (χ2n) is 3.55. The molecule has 0 bridgehead atoms. The van der Waals surface area contributed by atoms with E-state index in [0.717, 1.165) is 23.3 Å². The van der Waals surface area contributed by atoms with Crippen LogP contribution in [-0.4, -0.2) is 22.2 Å². The quantitative estimate of drug-likeness (QED) is 0.560. The van der Waals surface area contributed by atoms with Gasteiger partial charge >= 0.3 is 11.9 Å². The van der Waals surface area contributed by atoms with Gasteiger partial charge < -0.3 is 10.2 Å². The number of hydrogen-bond acceptors (Lipinski definition) is 2. The Hall–Kier alpha value is -2.36. The lowest BCUT2D eigenvalue weighted by atomic mass is 10.2. The highest BCUT2D eigenvalue weighted by molar-refractivity contribution is 5.80. The third-order valence-corrected chi connectivity index (χ3v) is 1.81. The van der Waals surface area contributed by atoms with E-state index in [1.165, 1.54) is 12.2 Å². The number of carbonyl (C=O) groups is 2. The first kappa shape index (κ1) is 15.6. The molecular formula is C14H16O4. The fourth-order valence-corrected chi connectivity index (χ4v) is 0.931. The first-order valence-corrected chi connectivity index (χ1v) is 5.25. The van der Waals surface area contributed by atoms with E-state index in [-0.39, 0.29) is 0 Å². The number of carboxylic acids is 2. The van der Waals surface area contributed by atoms with Gasteiger partial charge in [0.2, 0.25) is 0 Å². The summed E-state index contributed by atoms with van der Waals surface area (Å²) in [6.45, 7) is 3.56. The SMILES string of the molecule is CC(C=CC(=O)O)=CC=CC=C(C)C=CC(=O)O. The molecular weight excluding hydrogens is 232 g/mol. The normalized spacial score (nSPS) is 13.9. The topological polar surface area (TPSA) is 74.6 Å². The summed E-state index contributed by atoms with van der Waals surface area (Å²) in [5.74, 6) is -1.97. The maximum absolute atomic E-state index is 10.3. The van der Waals surface area contributed by atoms with Crippen LogP contribution in [0, 0.1) is 0 Å². The number of carboxylic acid groups (broad SMARTS) is 2. The Morgan fingerprint density at radius 1 is 0.722 bits per heavy atom. The van der Waals surface area contributed by atoms with E-state index in [0.29, 0.717) is 0 Å². The standard InChI is InChI=1S/C14H16O4/c1-11(7-9-13(15)16)5-3-4-6-12(2)8-10-14(17)18/h3-10H,1-2H3,(H,15,16)(H,17,18). The summed E-state index contributed by atoms with van der Waals surface area (Å²) in [6.07, 6.45) is 12.1. The van der Waals surface area contributed by atoms with E-state index >= 15 is 0 Å². The molecule has 96 valence electrons. The zero-order chi connectivity index (χ0) is 14.0. The van der Waals surface area contributed by atoms with Crippen LogP contribution < -0.4 is 0 Å². The molecule has 0 aliphatic carbocycles. The van der Waals surface area contributed by atoms with E-state index in [1.807, 2.05) is 0 Å². The maximum Gasteiger partial charge on any atom is 0.328 e. The summed E-state index contributed by atoms with van der Waals surface area (Å²) < 4.78 is 0. The van der Waals surface area contributed by atoms with Crippen LogP contribution in [0.2, 0.25) is 0 Å². The summed E-state index contributed by atoms with van der Waals surface area (Å²) >= 11 is 0. The lowest BCUT2D eigenvalue weighted by Crippen LogP contribution is -1.85. The Kier molecular flexibility index (Phi) is 7.61. The molecule has 0 saturated carbocycles. The molecule has 0 amide bonds. The van der Waals surface area contributed by atoms with E-state index in [1.54, 1.807) is 38.2 Å². The van der Waals surface area contributed by atoms with Crippen LogP contribution in [0.1, 0.15) is 13.8 Å². The number of aliphatic carboxylic acids is 2. The average Bonchev–Trinajstić information content (AvgIpc) is 2.29. The Labute approximate surface area is 106 Å². The molecule has 0 aromatic heterocycles. The van der Waals surface area contributed by atoms with Crippen LogP contribution in [0.5, 0.6) is 0 Å². The zero-order valence-electron chi connectivity index (χ0n) is 10.3. The van der Waals surface area contributed by atoms with Crippen LogP contribution in [0.3, 0.4) is 0 Å². The number of rotatable bonds is 6. The highest BCUT2D eigenvalue weighted by atomic mass is 16.4. The minimum Gasteiger partial charge on any atom is -0.478 e. The van der Waals surface area contributed by atoms with Crippen LogP contribution in [0.15, 0.2) is 59.8 Å². The molecule has 0 fully saturated rings. The molecule has 18 heavy (non-hydrogen) atoms. The van der Waals surface area contributed by atoms with Crippen molar-refractivity contribution < 1.29 is 19.8 Å². The van der Waals surface area contributed by atoms with Crippen molar-refractivity contribution >= 4 is 11.9 Å². The van der Waals surface area contributed by atoms with Gasteiger partial charge in [0.25, 0.3) is 0 Å². The molecule has 0 aliphatic rings. The summed E-state index contributed by atoms with van der Waals surface area (Å²) in [5.41, 5.74) is 1.61. The minimum absolute atomic E-state index is 0.806. The van der Waals surface area contributed by atoms with Gasteiger partial charge in [0, 0.05) is 12.2 Å². The lowest BCUT2D eigenvalue weighted by Gasteiger charge is -1.88. The third kappa shape index (κ3) is 10.2. The fourth-order valence-electron chi connectivity index (χ4n) is 0.931. The van der Waals surface area contributed by atoms with Crippen LogP contribution in [0.4, 0.5) is 0 Å². The fraction of sp³-hybridized carbons (Fsp3) is 0.143. The van der Waals surface area contributed by atoms with Crippen LogP contribution in [-0.2, 0) is 9.59 Å². The van der Waals surface area contributed by atoms with Crippen molar-refractivity contribution in [3.63, 3.8) is 0 Å². The summed E-state index contributed by atoms with van der Waals surface area (Å²) in [6, 6.07) is 0.